The Morgan fingerprint density at radius 2 is 2.10 bits per heavy atom. The largest absolute Gasteiger partial charge is 0.497 e. The predicted molar refractivity (Wildman–Crippen MR) is 115 cm³/mol. The van der Waals surface area contributed by atoms with Crippen LogP contribution >= 0.6 is 11.3 Å². The quantitative estimate of drug-likeness (QED) is 0.518. The molecule has 0 saturated carbocycles. The summed E-state index contributed by atoms with van der Waals surface area (Å²) in [5, 5.41) is 4.62. The van der Waals surface area contributed by atoms with E-state index in [4.69, 9.17) is 14.2 Å². The zero-order valence-corrected chi connectivity index (χ0v) is 17.3. The van der Waals surface area contributed by atoms with Gasteiger partial charge in [-0.15, -0.1) is 11.3 Å². The molecule has 0 atom stereocenters. The van der Waals surface area contributed by atoms with Crippen molar-refractivity contribution in [3.8, 4) is 28.5 Å². The van der Waals surface area contributed by atoms with Gasteiger partial charge >= 0.3 is 0 Å². The van der Waals surface area contributed by atoms with Crippen LogP contribution in [-0.2, 0) is 6.54 Å². The Balaban J connectivity index is 1.44. The van der Waals surface area contributed by atoms with Crippen molar-refractivity contribution in [1.29, 1.82) is 0 Å². The molecule has 3 heterocycles. The fourth-order valence-corrected chi connectivity index (χ4v) is 4.22. The van der Waals surface area contributed by atoms with E-state index in [1.165, 1.54) is 21.9 Å². The normalized spacial score (nSPS) is 12.2. The first-order valence-corrected chi connectivity index (χ1v) is 10.3. The summed E-state index contributed by atoms with van der Waals surface area (Å²) >= 11 is 1.33. The number of hydrogen-bond acceptors (Lipinski definition) is 7. The molecule has 0 saturated heterocycles. The number of nitrogens with zero attached hydrogens (tertiary/aromatic N) is 2. The Kier molecular flexibility index (Phi) is 4.79. The van der Waals surface area contributed by atoms with Crippen molar-refractivity contribution >= 4 is 22.2 Å². The van der Waals surface area contributed by atoms with Gasteiger partial charge in [-0.3, -0.25) is 14.0 Å². The van der Waals surface area contributed by atoms with Crippen LogP contribution in [0, 0.1) is 0 Å². The van der Waals surface area contributed by atoms with Crippen LogP contribution in [0.2, 0.25) is 0 Å². The monoisotopic (exact) mass is 435 g/mol. The maximum atomic E-state index is 13.1. The Hall–Kier alpha value is -3.85. The molecule has 0 spiro atoms. The van der Waals surface area contributed by atoms with Crippen LogP contribution < -0.4 is 25.1 Å². The molecule has 2 aromatic heterocycles. The van der Waals surface area contributed by atoms with Crippen LogP contribution in [0.1, 0.15) is 15.9 Å². The molecule has 1 N–H and O–H groups in total. The Labute approximate surface area is 180 Å². The zero-order chi connectivity index (χ0) is 21.4. The van der Waals surface area contributed by atoms with E-state index in [2.05, 4.69) is 10.3 Å². The Morgan fingerprint density at radius 3 is 2.97 bits per heavy atom. The first-order valence-electron chi connectivity index (χ1n) is 9.44. The van der Waals surface area contributed by atoms with Crippen molar-refractivity contribution in [2.24, 2.45) is 0 Å². The topological polar surface area (TPSA) is 91.2 Å². The van der Waals surface area contributed by atoms with Gasteiger partial charge in [0.15, 0.2) is 16.5 Å². The molecule has 4 aromatic rings. The molecular weight excluding hydrogens is 418 g/mol. The fraction of sp³-hybridized carbons (Fsp3) is 0.136. The number of nitrogens with one attached hydrogen (secondary N) is 1. The minimum Gasteiger partial charge on any atom is -0.497 e. The zero-order valence-electron chi connectivity index (χ0n) is 16.5. The van der Waals surface area contributed by atoms with Crippen LogP contribution in [0.25, 0.3) is 16.2 Å². The number of ether oxygens (including phenoxy) is 3. The van der Waals surface area contributed by atoms with Crippen LogP contribution in [0.4, 0.5) is 0 Å². The van der Waals surface area contributed by atoms with Gasteiger partial charge in [-0.25, -0.2) is 4.98 Å². The number of benzene rings is 2. The maximum absolute atomic E-state index is 13.1. The molecule has 31 heavy (non-hydrogen) atoms. The highest BCUT2D eigenvalue weighted by Crippen LogP contribution is 2.32. The summed E-state index contributed by atoms with van der Waals surface area (Å²) < 4.78 is 17.4. The molecule has 1 aliphatic rings. The van der Waals surface area contributed by atoms with Crippen LogP contribution in [-0.4, -0.2) is 29.2 Å². The van der Waals surface area contributed by atoms with Gasteiger partial charge in [-0.2, -0.15) is 0 Å². The van der Waals surface area contributed by atoms with Crippen molar-refractivity contribution in [1.82, 2.24) is 14.7 Å². The van der Waals surface area contributed by atoms with Crippen LogP contribution in [0.5, 0.6) is 17.2 Å². The summed E-state index contributed by atoms with van der Waals surface area (Å²) in [6, 6.07) is 12.8. The number of methoxy groups -OCH3 is 1. The molecular formula is C22H17N3O5S. The first-order chi connectivity index (χ1) is 15.1. The van der Waals surface area contributed by atoms with E-state index >= 15 is 0 Å². The Morgan fingerprint density at radius 1 is 1.23 bits per heavy atom. The smallest absolute Gasteiger partial charge is 0.271 e. The van der Waals surface area contributed by atoms with Crippen molar-refractivity contribution in [3.63, 3.8) is 0 Å². The number of carbonyl (C=O) groups excluding carboxylic acids is 1. The lowest BCUT2D eigenvalue weighted by Gasteiger charge is -2.08. The average molecular weight is 435 g/mol. The van der Waals surface area contributed by atoms with Gasteiger partial charge in [0, 0.05) is 23.7 Å². The van der Waals surface area contributed by atoms with Crippen molar-refractivity contribution < 1.29 is 19.0 Å². The highest BCUT2D eigenvalue weighted by atomic mass is 32.1. The molecule has 156 valence electrons. The molecule has 5 rings (SSSR count). The lowest BCUT2D eigenvalue weighted by atomic mass is 10.1. The second-order valence-electron chi connectivity index (χ2n) is 6.82. The van der Waals surface area contributed by atoms with Crippen molar-refractivity contribution in [3.05, 3.63) is 75.5 Å². The van der Waals surface area contributed by atoms with Gasteiger partial charge in [0.05, 0.1) is 12.8 Å². The summed E-state index contributed by atoms with van der Waals surface area (Å²) in [6.07, 6.45) is 1.32. The van der Waals surface area contributed by atoms with E-state index in [9.17, 15) is 9.59 Å². The molecule has 9 heteroatoms. The van der Waals surface area contributed by atoms with E-state index in [0.717, 1.165) is 11.1 Å². The van der Waals surface area contributed by atoms with Gasteiger partial charge in [0.25, 0.3) is 11.5 Å². The lowest BCUT2D eigenvalue weighted by Crippen LogP contribution is -2.31. The molecule has 0 radical (unpaired) electrons. The second-order valence-corrected chi connectivity index (χ2v) is 7.65. The SMILES string of the molecule is COc1cccc(-c2csc3ncc(C(=O)NCc4ccc5c(c4)OCO5)c(=O)n23)c1. The molecule has 2 aromatic carbocycles. The number of hydrogen-bond donors (Lipinski definition) is 1. The van der Waals surface area contributed by atoms with Gasteiger partial charge in [0.2, 0.25) is 6.79 Å². The maximum Gasteiger partial charge on any atom is 0.271 e. The van der Waals surface area contributed by atoms with E-state index in [-0.39, 0.29) is 18.9 Å². The molecule has 1 aliphatic heterocycles. The third-order valence-corrected chi connectivity index (χ3v) is 5.79. The summed E-state index contributed by atoms with van der Waals surface area (Å²) in [5.41, 5.74) is 1.83. The highest BCUT2D eigenvalue weighted by molar-refractivity contribution is 7.15. The van der Waals surface area contributed by atoms with Crippen LogP contribution in [0.3, 0.4) is 0 Å². The van der Waals surface area contributed by atoms with E-state index in [0.29, 0.717) is 27.9 Å². The van der Waals surface area contributed by atoms with Gasteiger partial charge in [0.1, 0.15) is 11.3 Å². The lowest BCUT2D eigenvalue weighted by molar-refractivity contribution is 0.0949. The van der Waals surface area contributed by atoms with E-state index < -0.39 is 11.5 Å². The number of fused-ring (bicyclic) bond motifs is 2. The van der Waals surface area contributed by atoms with Gasteiger partial charge in [-0.1, -0.05) is 18.2 Å². The number of aromatic nitrogens is 2. The summed E-state index contributed by atoms with van der Waals surface area (Å²) in [4.78, 5) is 30.7. The third-order valence-electron chi connectivity index (χ3n) is 4.95. The molecule has 1 amide bonds. The third kappa shape index (κ3) is 3.49. The number of rotatable bonds is 5. The molecule has 0 bridgehead atoms. The molecule has 0 unspecified atom stereocenters. The first kappa shape index (κ1) is 19.1. The van der Waals surface area contributed by atoms with Crippen molar-refractivity contribution in [2.75, 3.05) is 13.9 Å². The molecule has 8 nitrogen and oxygen atoms in total. The van der Waals surface area contributed by atoms with Gasteiger partial charge in [-0.05, 0) is 29.8 Å². The van der Waals surface area contributed by atoms with E-state index in [1.54, 1.807) is 19.2 Å². The molecule has 0 fully saturated rings. The van der Waals surface area contributed by atoms with Crippen LogP contribution in [0.15, 0.2) is 58.8 Å². The summed E-state index contributed by atoms with van der Waals surface area (Å²) in [5.74, 6) is 1.49. The predicted octanol–water partition coefficient (Wildman–Crippen LogP) is 3.09. The standard InChI is InChI=1S/C22H17N3O5S/c1-28-15-4-2-3-14(8-15)17-11-31-22-24-10-16(21(27)25(17)22)20(26)23-9-13-5-6-18-19(7-13)30-12-29-18/h2-8,10-11H,9,12H2,1H3,(H,23,26). The Bertz CT molecular complexity index is 1360. The summed E-state index contributed by atoms with van der Waals surface area (Å²) in [6.45, 7) is 0.424. The molecule has 0 aliphatic carbocycles. The minimum absolute atomic E-state index is 0.0270. The van der Waals surface area contributed by atoms with Gasteiger partial charge < -0.3 is 19.5 Å². The number of carbonyl (C=O) groups is 1. The highest BCUT2D eigenvalue weighted by Gasteiger charge is 2.18. The fourth-order valence-electron chi connectivity index (χ4n) is 3.36. The number of thiazole rings is 1. The average Bonchev–Trinajstić information content (AvgIpc) is 3.44. The number of amides is 1. The van der Waals surface area contributed by atoms with E-state index in [1.807, 2.05) is 35.7 Å². The second kappa shape index (κ2) is 7.77. The minimum atomic E-state index is -0.493. The van der Waals surface area contributed by atoms with Crippen molar-refractivity contribution in [2.45, 2.75) is 6.54 Å². The summed E-state index contributed by atoms with van der Waals surface area (Å²) in [7, 11) is 1.58.